The summed E-state index contributed by atoms with van der Waals surface area (Å²) in [5.41, 5.74) is -4.90. The summed E-state index contributed by atoms with van der Waals surface area (Å²) in [6, 6.07) is 6.81. The van der Waals surface area contributed by atoms with Crippen LogP contribution >= 0.6 is 11.6 Å². The van der Waals surface area contributed by atoms with Gasteiger partial charge >= 0.3 is 0 Å². The van der Waals surface area contributed by atoms with Gasteiger partial charge in [-0.05, 0) is 42.5 Å². The molecule has 0 bridgehead atoms. The van der Waals surface area contributed by atoms with Crippen LogP contribution in [0.1, 0.15) is 32.7 Å². The van der Waals surface area contributed by atoms with Crippen molar-refractivity contribution in [3.63, 3.8) is 0 Å². The van der Waals surface area contributed by atoms with Crippen LogP contribution < -0.4 is 10.6 Å². The largest absolute Gasteiger partial charge is 0.363 e. The minimum Gasteiger partial charge on any atom is -0.363 e. The van der Waals surface area contributed by atoms with Crippen LogP contribution in [-0.2, 0) is 34.0 Å². The Bertz CT molecular complexity index is 2030. The molecule has 2 aliphatic heterocycles. The van der Waals surface area contributed by atoms with Crippen molar-refractivity contribution in [2.45, 2.75) is 23.5 Å². The highest BCUT2D eigenvalue weighted by Crippen LogP contribution is 2.46. The lowest BCUT2D eigenvalue weighted by molar-refractivity contribution is -0.110. The van der Waals surface area contributed by atoms with Gasteiger partial charge in [-0.3, -0.25) is 14.3 Å². The third-order valence-electron chi connectivity index (χ3n) is 6.95. The van der Waals surface area contributed by atoms with E-state index in [1.54, 1.807) is 0 Å². The quantitative estimate of drug-likeness (QED) is 0.292. The lowest BCUT2D eigenvalue weighted by atomic mass is 9.90. The maximum atomic E-state index is 14.3. The molecule has 0 aliphatic carbocycles. The van der Waals surface area contributed by atoms with Crippen molar-refractivity contribution in [3.8, 4) is 0 Å². The zero-order valence-electron chi connectivity index (χ0n) is 21.0. The average molecular weight is 622 g/mol. The SMILES string of the molecule is Cn1nc2c3c(c(NC(=O)C4=NS(=O)(=O)c5cc(F)ccc54)cc2c1CC(F)F)C(O)(c1cc(F)ccc1Cl)NC3=O. The summed E-state index contributed by atoms with van der Waals surface area (Å²) in [6.07, 6.45) is -3.60. The Kier molecular flexibility index (Phi) is 6.18. The normalized spacial score (nSPS) is 18.7. The molecule has 0 spiro atoms. The van der Waals surface area contributed by atoms with Gasteiger partial charge < -0.3 is 15.7 Å². The average Bonchev–Trinajstić information content (AvgIpc) is 3.47. The summed E-state index contributed by atoms with van der Waals surface area (Å²) >= 11 is 6.26. The Morgan fingerprint density at radius 1 is 1.17 bits per heavy atom. The maximum Gasteiger partial charge on any atom is 0.283 e. The number of alkyl halides is 2. The van der Waals surface area contributed by atoms with E-state index in [1.807, 2.05) is 0 Å². The highest BCUT2D eigenvalue weighted by atomic mass is 35.5. The molecule has 6 rings (SSSR count). The number of carbonyl (C=O) groups is 2. The summed E-state index contributed by atoms with van der Waals surface area (Å²) in [5, 5.41) is 20.6. The van der Waals surface area contributed by atoms with Crippen LogP contribution in [0, 0.1) is 11.6 Å². The molecule has 2 amide bonds. The zero-order valence-corrected chi connectivity index (χ0v) is 22.6. The second kappa shape index (κ2) is 9.34. The fourth-order valence-corrected chi connectivity index (χ4v) is 6.68. The van der Waals surface area contributed by atoms with E-state index >= 15 is 0 Å². The summed E-state index contributed by atoms with van der Waals surface area (Å²) < 4.78 is 84.6. The van der Waals surface area contributed by atoms with Gasteiger partial charge in [0.1, 0.15) is 22.0 Å². The monoisotopic (exact) mass is 621 g/mol. The first kappa shape index (κ1) is 27.8. The molecule has 0 saturated carbocycles. The first-order valence-electron chi connectivity index (χ1n) is 12.0. The van der Waals surface area contributed by atoms with Gasteiger partial charge in [0.2, 0.25) is 6.43 Å². The molecule has 16 heteroatoms. The third-order valence-corrected chi connectivity index (χ3v) is 8.60. The number of aryl methyl sites for hydroxylation is 1. The molecule has 3 aromatic carbocycles. The molecule has 216 valence electrons. The number of amides is 2. The van der Waals surface area contributed by atoms with E-state index in [4.69, 9.17) is 11.6 Å². The molecule has 0 radical (unpaired) electrons. The number of nitrogens with one attached hydrogen (secondary N) is 2. The Labute approximate surface area is 238 Å². The fraction of sp³-hybridized carbons (Fsp3) is 0.154. The topological polar surface area (TPSA) is 143 Å². The van der Waals surface area contributed by atoms with E-state index in [-0.39, 0.29) is 49.6 Å². The highest BCUT2D eigenvalue weighted by molar-refractivity contribution is 7.91. The van der Waals surface area contributed by atoms with Crippen molar-refractivity contribution in [2.24, 2.45) is 11.4 Å². The van der Waals surface area contributed by atoms with E-state index in [1.165, 1.54) is 13.1 Å². The van der Waals surface area contributed by atoms with Crippen molar-refractivity contribution in [2.75, 3.05) is 5.32 Å². The van der Waals surface area contributed by atoms with Gasteiger partial charge in [-0.2, -0.15) is 17.9 Å². The smallest absolute Gasteiger partial charge is 0.283 e. The molecule has 2 aliphatic rings. The van der Waals surface area contributed by atoms with Gasteiger partial charge in [-0.1, -0.05) is 11.6 Å². The number of carbonyl (C=O) groups excluding carboxylic acids is 2. The summed E-state index contributed by atoms with van der Waals surface area (Å²) in [5.74, 6) is -3.82. The molecule has 1 atom stereocenters. The van der Waals surface area contributed by atoms with E-state index < -0.39 is 62.7 Å². The predicted molar refractivity (Wildman–Crippen MR) is 141 cm³/mol. The maximum absolute atomic E-state index is 14.3. The van der Waals surface area contributed by atoms with Crippen molar-refractivity contribution in [3.05, 3.63) is 87.1 Å². The predicted octanol–water partition coefficient (Wildman–Crippen LogP) is 3.38. The van der Waals surface area contributed by atoms with Crippen LogP contribution in [0.3, 0.4) is 0 Å². The van der Waals surface area contributed by atoms with Crippen LogP contribution in [0.25, 0.3) is 10.9 Å². The zero-order chi connectivity index (χ0) is 30.3. The van der Waals surface area contributed by atoms with Crippen LogP contribution in [0.15, 0.2) is 51.8 Å². The van der Waals surface area contributed by atoms with Crippen molar-refractivity contribution in [1.82, 2.24) is 15.1 Å². The number of benzene rings is 3. The molecule has 3 N–H and O–H groups in total. The van der Waals surface area contributed by atoms with Gasteiger partial charge in [-0.25, -0.2) is 17.6 Å². The number of hydrogen-bond acceptors (Lipinski definition) is 6. The van der Waals surface area contributed by atoms with Gasteiger partial charge in [0.15, 0.2) is 11.4 Å². The highest BCUT2D eigenvalue weighted by Gasteiger charge is 2.48. The number of sulfonamides is 1. The molecule has 0 saturated heterocycles. The number of nitrogens with zero attached hydrogens (tertiary/aromatic N) is 3. The number of halogens is 5. The molecule has 10 nitrogen and oxygen atoms in total. The second-order valence-corrected chi connectivity index (χ2v) is 11.5. The lowest BCUT2D eigenvalue weighted by Gasteiger charge is -2.27. The van der Waals surface area contributed by atoms with Crippen molar-refractivity contribution < 1.29 is 40.7 Å². The molecular weight excluding hydrogens is 606 g/mol. The van der Waals surface area contributed by atoms with Crippen LogP contribution in [0.4, 0.5) is 23.2 Å². The first-order chi connectivity index (χ1) is 19.7. The van der Waals surface area contributed by atoms with E-state index in [9.17, 15) is 40.7 Å². The minimum atomic E-state index is -4.45. The van der Waals surface area contributed by atoms with Gasteiger partial charge in [-0.15, -0.1) is 0 Å². The Hall–Kier alpha value is -4.34. The first-order valence-corrected chi connectivity index (χ1v) is 13.8. The number of rotatable bonds is 5. The number of hydrogen-bond donors (Lipinski definition) is 3. The standard InChI is InChI=1S/C26H16ClF4N5O5S/c1-36-17(9-19(30)31)13-8-16(32-25(38)23-12-4-2-11(29)7-18(12)42(40,41)35-23)21-20(22(13)34-36)24(37)33-26(21,39)14-6-10(28)3-5-15(14)27/h2-8,19,39H,9H2,1H3,(H,32,38)(H,33,37). The van der Waals surface area contributed by atoms with Gasteiger partial charge in [0.05, 0.1) is 23.4 Å². The molecule has 42 heavy (non-hydrogen) atoms. The Balaban J connectivity index is 1.60. The third kappa shape index (κ3) is 4.15. The number of fused-ring (bicyclic) bond motifs is 4. The Morgan fingerprint density at radius 2 is 1.86 bits per heavy atom. The van der Waals surface area contributed by atoms with E-state index in [0.29, 0.717) is 6.07 Å². The summed E-state index contributed by atoms with van der Waals surface area (Å²) in [6.45, 7) is 0. The van der Waals surface area contributed by atoms with E-state index in [0.717, 1.165) is 35.0 Å². The fourth-order valence-electron chi connectivity index (χ4n) is 5.20. The number of aromatic nitrogens is 2. The van der Waals surface area contributed by atoms with Gasteiger partial charge in [0, 0.05) is 34.1 Å². The molecule has 1 aromatic heterocycles. The molecule has 0 fully saturated rings. The second-order valence-electron chi connectivity index (χ2n) is 9.53. The molecule has 4 aromatic rings. The summed E-state index contributed by atoms with van der Waals surface area (Å²) in [7, 11) is -3.09. The van der Waals surface area contributed by atoms with Crippen molar-refractivity contribution >= 4 is 55.7 Å². The van der Waals surface area contributed by atoms with Crippen molar-refractivity contribution in [1.29, 1.82) is 0 Å². The molecular formula is C26H16ClF4N5O5S. The minimum absolute atomic E-state index is 0.0139. The van der Waals surface area contributed by atoms with Crippen LogP contribution in [0.5, 0.6) is 0 Å². The van der Waals surface area contributed by atoms with Crippen LogP contribution in [-0.4, -0.2) is 47.3 Å². The summed E-state index contributed by atoms with van der Waals surface area (Å²) in [4.78, 5) is 26.3. The van der Waals surface area contributed by atoms with E-state index in [2.05, 4.69) is 20.1 Å². The van der Waals surface area contributed by atoms with Crippen LogP contribution in [0.2, 0.25) is 5.02 Å². The molecule has 3 heterocycles. The number of anilines is 1. The number of aliphatic hydroxyl groups is 1. The molecule has 1 unspecified atom stereocenters. The van der Waals surface area contributed by atoms with Gasteiger partial charge in [0.25, 0.3) is 21.8 Å². The lowest BCUT2D eigenvalue weighted by Crippen LogP contribution is -2.41. The Morgan fingerprint density at radius 3 is 2.57 bits per heavy atom.